The number of hydrogen-bond acceptors (Lipinski definition) is 4. The Kier molecular flexibility index (Phi) is 4.65. The average molecular weight is 337 g/mol. The van der Waals surface area contributed by atoms with Crippen LogP contribution < -0.4 is 4.90 Å². The van der Waals surface area contributed by atoms with E-state index in [-0.39, 0.29) is 18.3 Å². The van der Waals surface area contributed by atoms with Gasteiger partial charge in [0.1, 0.15) is 6.54 Å². The summed E-state index contributed by atoms with van der Waals surface area (Å²) in [4.78, 5) is 18.4. The van der Waals surface area contributed by atoms with Crippen molar-refractivity contribution >= 4 is 28.5 Å². The lowest BCUT2D eigenvalue weighted by Crippen LogP contribution is -2.36. The second-order valence-corrected chi connectivity index (χ2v) is 6.80. The van der Waals surface area contributed by atoms with E-state index in [0.29, 0.717) is 22.5 Å². The van der Waals surface area contributed by atoms with E-state index in [0.717, 1.165) is 5.56 Å². The first kappa shape index (κ1) is 16.2. The number of anilines is 1. The van der Waals surface area contributed by atoms with Gasteiger partial charge in [-0.2, -0.15) is 5.26 Å². The van der Waals surface area contributed by atoms with E-state index in [4.69, 9.17) is 0 Å². The number of rotatable bonds is 3. The van der Waals surface area contributed by atoms with Gasteiger partial charge in [0.25, 0.3) is 5.91 Å². The van der Waals surface area contributed by atoms with Crippen LogP contribution >= 0.6 is 0 Å². The third-order valence-electron chi connectivity index (χ3n) is 3.70. The molecular weight excluding hydrogens is 322 g/mol. The highest BCUT2D eigenvalue weighted by molar-refractivity contribution is 7.90. The molecule has 2 aromatic carbocycles. The Morgan fingerprint density at radius 2 is 2.04 bits per heavy atom. The van der Waals surface area contributed by atoms with Crippen molar-refractivity contribution < 1.29 is 9.35 Å². The lowest BCUT2D eigenvalue weighted by atomic mass is 9.98. The monoisotopic (exact) mass is 337 g/mol. The number of nitriles is 1. The fourth-order valence-corrected chi connectivity index (χ4v) is 3.30. The van der Waals surface area contributed by atoms with Gasteiger partial charge in [0, 0.05) is 11.1 Å². The number of carbonyl (C=O) groups excluding carboxylic acids is 1. The number of hydrogen-bond donors (Lipinski definition) is 0. The van der Waals surface area contributed by atoms with Gasteiger partial charge >= 0.3 is 0 Å². The second kappa shape index (κ2) is 6.87. The second-order valence-electron chi connectivity index (χ2n) is 5.40. The predicted octanol–water partition coefficient (Wildman–Crippen LogP) is 2.08. The Labute approximate surface area is 143 Å². The highest BCUT2D eigenvalue weighted by Gasteiger charge is 2.27. The number of benzodiazepines with no additional fused rings is 1. The van der Waals surface area contributed by atoms with Gasteiger partial charge in [-0.15, -0.1) is 0 Å². The van der Waals surface area contributed by atoms with Crippen LogP contribution in [0.3, 0.4) is 0 Å². The molecular formula is C18H15N3O2S. The van der Waals surface area contributed by atoms with E-state index in [1.165, 1.54) is 4.90 Å². The van der Waals surface area contributed by atoms with Crippen molar-refractivity contribution in [1.82, 2.24) is 0 Å². The zero-order valence-corrected chi connectivity index (χ0v) is 13.9. The fraction of sp³-hybridized carbons (Fsp3) is 0.167. The van der Waals surface area contributed by atoms with E-state index in [9.17, 15) is 14.6 Å². The summed E-state index contributed by atoms with van der Waals surface area (Å²) in [6.07, 6.45) is 1.56. The minimum Gasteiger partial charge on any atom is -0.615 e. The van der Waals surface area contributed by atoms with Gasteiger partial charge in [-0.05, 0) is 29.4 Å². The van der Waals surface area contributed by atoms with Gasteiger partial charge in [0.2, 0.25) is 0 Å². The average Bonchev–Trinajstić information content (AvgIpc) is 2.72. The molecule has 120 valence electrons. The minimum atomic E-state index is -1.17. The molecule has 0 bridgehead atoms. The largest absolute Gasteiger partial charge is 0.615 e. The van der Waals surface area contributed by atoms with Gasteiger partial charge < -0.3 is 4.55 Å². The molecule has 0 aromatic heterocycles. The molecule has 0 aliphatic carbocycles. The maximum atomic E-state index is 12.5. The van der Waals surface area contributed by atoms with Crippen molar-refractivity contribution in [2.75, 3.05) is 23.6 Å². The smallest absolute Gasteiger partial charge is 0.252 e. The van der Waals surface area contributed by atoms with Crippen molar-refractivity contribution in [3.8, 4) is 6.07 Å². The summed E-state index contributed by atoms with van der Waals surface area (Å²) in [5.41, 5.74) is 3.37. The minimum absolute atomic E-state index is 0.0159. The molecule has 0 saturated heterocycles. The lowest BCUT2D eigenvalue weighted by molar-refractivity contribution is -0.117. The zero-order valence-electron chi connectivity index (χ0n) is 13.1. The first-order chi connectivity index (χ1) is 11.6. The van der Waals surface area contributed by atoms with Gasteiger partial charge in [0.15, 0.2) is 5.88 Å². The number of aliphatic imine (C=N–C) groups is 1. The Morgan fingerprint density at radius 1 is 1.29 bits per heavy atom. The molecule has 24 heavy (non-hydrogen) atoms. The summed E-state index contributed by atoms with van der Waals surface area (Å²) in [5, 5.41) is 9.21. The SMILES string of the molecule is C[S+]([O-])CN1C(=O)CN=C(c2ccccc2)c2cc(C#N)ccc21. The van der Waals surface area contributed by atoms with Gasteiger partial charge in [-0.3, -0.25) is 14.7 Å². The van der Waals surface area contributed by atoms with Crippen molar-refractivity contribution in [3.63, 3.8) is 0 Å². The van der Waals surface area contributed by atoms with E-state index < -0.39 is 11.2 Å². The van der Waals surface area contributed by atoms with Crippen LogP contribution in [0.4, 0.5) is 5.69 Å². The van der Waals surface area contributed by atoms with Crippen LogP contribution in [0.1, 0.15) is 16.7 Å². The molecule has 2 aromatic rings. The van der Waals surface area contributed by atoms with Crippen molar-refractivity contribution in [2.24, 2.45) is 4.99 Å². The summed E-state index contributed by atoms with van der Waals surface area (Å²) in [6, 6.07) is 16.8. The zero-order chi connectivity index (χ0) is 17.1. The highest BCUT2D eigenvalue weighted by atomic mass is 32.2. The number of nitrogens with zero attached hydrogens (tertiary/aromatic N) is 3. The maximum absolute atomic E-state index is 12.5. The number of carbonyl (C=O) groups is 1. The van der Waals surface area contributed by atoms with Gasteiger partial charge in [-0.25, -0.2) is 0 Å². The third-order valence-corrected chi connectivity index (χ3v) is 4.32. The van der Waals surface area contributed by atoms with Crippen LogP contribution in [0.2, 0.25) is 0 Å². The number of benzene rings is 2. The molecule has 1 heterocycles. The summed E-state index contributed by atoms with van der Waals surface area (Å²) in [6.45, 7) is -0.0159. The molecule has 1 unspecified atom stereocenters. The molecule has 3 rings (SSSR count). The first-order valence-electron chi connectivity index (χ1n) is 7.35. The molecule has 6 heteroatoms. The van der Waals surface area contributed by atoms with Crippen molar-refractivity contribution in [3.05, 3.63) is 65.2 Å². The molecule has 0 N–H and O–H groups in total. The Hall–Kier alpha value is -2.62. The summed E-state index contributed by atoms with van der Waals surface area (Å²) < 4.78 is 11.7. The molecule has 1 aliphatic rings. The van der Waals surface area contributed by atoms with Crippen molar-refractivity contribution in [1.29, 1.82) is 5.26 Å². The molecule has 0 radical (unpaired) electrons. The van der Waals surface area contributed by atoms with Crippen LogP contribution in [-0.4, -0.2) is 34.8 Å². The van der Waals surface area contributed by atoms with E-state index in [1.54, 1.807) is 24.5 Å². The molecule has 0 spiro atoms. The summed E-state index contributed by atoms with van der Waals surface area (Å²) in [7, 11) is 0. The number of fused-ring (bicyclic) bond motifs is 1. The first-order valence-corrected chi connectivity index (χ1v) is 9.07. The number of amides is 1. The van der Waals surface area contributed by atoms with Crippen LogP contribution in [0, 0.1) is 11.3 Å². The van der Waals surface area contributed by atoms with Crippen LogP contribution in [0.15, 0.2) is 53.5 Å². The quantitative estimate of drug-likeness (QED) is 0.804. The van der Waals surface area contributed by atoms with E-state index in [2.05, 4.69) is 11.1 Å². The van der Waals surface area contributed by atoms with Crippen LogP contribution in [0.25, 0.3) is 0 Å². The molecule has 1 atom stereocenters. The van der Waals surface area contributed by atoms with Gasteiger partial charge in [0.05, 0.1) is 29.3 Å². The van der Waals surface area contributed by atoms with Gasteiger partial charge in [-0.1, -0.05) is 30.3 Å². The summed E-state index contributed by atoms with van der Waals surface area (Å²) in [5.74, 6) is -0.0999. The molecule has 0 saturated carbocycles. The summed E-state index contributed by atoms with van der Waals surface area (Å²) >= 11 is -1.17. The van der Waals surface area contributed by atoms with Crippen LogP contribution in [-0.2, 0) is 16.0 Å². The molecule has 5 nitrogen and oxygen atoms in total. The predicted molar refractivity (Wildman–Crippen MR) is 94.5 cm³/mol. The molecule has 1 amide bonds. The third kappa shape index (κ3) is 3.18. The van der Waals surface area contributed by atoms with E-state index in [1.807, 2.05) is 30.3 Å². The fourth-order valence-electron chi connectivity index (χ4n) is 2.65. The lowest BCUT2D eigenvalue weighted by Gasteiger charge is -2.22. The Morgan fingerprint density at radius 3 is 2.71 bits per heavy atom. The topological polar surface area (TPSA) is 79.5 Å². The Balaban J connectivity index is 2.19. The Bertz CT molecular complexity index is 841. The molecule has 0 fully saturated rings. The molecule has 1 aliphatic heterocycles. The maximum Gasteiger partial charge on any atom is 0.252 e. The standard InChI is InChI=1S/C18H15N3O2S/c1-24(23)12-21-16-8-7-13(10-19)9-15(16)18(20-11-17(21)22)14-5-3-2-4-6-14/h2-9H,11-12H2,1H3. The van der Waals surface area contributed by atoms with E-state index >= 15 is 0 Å². The highest BCUT2D eigenvalue weighted by Crippen LogP contribution is 2.28. The normalized spacial score (nSPS) is 15.1. The van der Waals surface area contributed by atoms with Crippen molar-refractivity contribution in [2.45, 2.75) is 0 Å². The van der Waals surface area contributed by atoms with Crippen LogP contribution in [0.5, 0.6) is 0 Å².